The fourth-order valence-corrected chi connectivity index (χ4v) is 2.24. The van der Waals surface area contributed by atoms with Crippen LogP contribution in [0.1, 0.15) is 39.5 Å². The molecule has 0 radical (unpaired) electrons. The van der Waals surface area contributed by atoms with Crippen LogP contribution in [-0.4, -0.2) is 25.5 Å². The highest BCUT2D eigenvalue weighted by atomic mass is 16.1. The van der Waals surface area contributed by atoms with Gasteiger partial charge in [-0.3, -0.25) is 4.79 Å². The van der Waals surface area contributed by atoms with Crippen molar-refractivity contribution in [2.75, 3.05) is 13.6 Å². The summed E-state index contributed by atoms with van der Waals surface area (Å²) in [7, 11) is 1.73. The zero-order valence-corrected chi connectivity index (χ0v) is 10.2. The molecule has 0 bridgehead atoms. The van der Waals surface area contributed by atoms with E-state index in [1.54, 1.807) is 7.05 Å². The number of rotatable bonds is 4. The van der Waals surface area contributed by atoms with Crippen molar-refractivity contribution >= 4 is 5.91 Å². The van der Waals surface area contributed by atoms with E-state index in [4.69, 9.17) is 0 Å². The van der Waals surface area contributed by atoms with Gasteiger partial charge in [-0.25, -0.2) is 0 Å². The first-order valence-corrected chi connectivity index (χ1v) is 6.08. The van der Waals surface area contributed by atoms with E-state index in [1.807, 2.05) is 0 Å². The van der Waals surface area contributed by atoms with Crippen molar-refractivity contribution in [2.45, 2.75) is 45.6 Å². The monoisotopic (exact) mass is 212 g/mol. The summed E-state index contributed by atoms with van der Waals surface area (Å²) in [5.41, 5.74) is 0. The molecule has 0 unspecified atom stereocenters. The van der Waals surface area contributed by atoms with Gasteiger partial charge in [-0.05, 0) is 38.1 Å². The molecular weight excluding hydrogens is 188 g/mol. The second kappa shape index (κ2) is 6.11. The first-order chi connectivity index (χ1) is 7.13. The van der Waals surface area contributed by atoms with E-state index in [2.05, 4.69) is 24.5 Å². The van der Waals surface area contributed by atoms with Crippen molar-refractivity contribution in [2.24, 2.45) is 11.8 Å². The lowest BCUT2D eigenvalue weighted by Gasteiger charge is -2.28. The van der Waals surface area contributed by atoms with E-state index in [0.717, 1.165) is 25.3 Å². The van der Waals surface area contributed by atoms with Crippen LogP contribution >= 0.6 is 0 Å². The molecule has 2 N–H and O–H groups in total. The molecule has 0 aromatic rings. The molecule has 1 saturated carbocycles. The lowest BCUT2D eigenvalue weighted by molar-refractivity contribution is -0.125. The summed E-state index contributed by atoms with van der Waals surface area (Å²) in [6.07, 6.45) is 4.50. The van der Waals surface area contributed by atoms with Crippen LogP contribution in [0.25, 0.3) is 0 Å². The average Bonchev–Trinajstić information content (AvgIpc) is 2.26. The topological polar surface area (TPSA) is 41.1 Å². The van der Waals surface area contributed by atoms with Gasteiger partial charge in [0.05, 0.1) is 0 Å². The Kier molecular flexibility index (Phi) is 5.09. The largest absolute Gasteiger partial charge is 0.359 e. The van der Waals surface area contributed by atoms with E-state index in [9.17, 15) is 4.79 Å². The van der Waals surface area contributed by atoms with Gasteiger partial charge in [0.1, 0.15) is 0 Å². The summed E-state index contributed by atoms with van der Waals surface area (Å²) in [5.74, 6) is 1.27. The summed E-state index contributed by atoms with van der Waals surface area (Å²) in [6.45, 7) is 5.46. The van der Waals surface area contributed by atoms with Gasteiger partial charge in [-0.15, -0.1) is 0 Å². The molecule has 0 aliphatic heterocycles. The Balaban J connectivity index is 2.21. The van der Waals surface area contributed by atoms with Gasteiger partial charge in [-0.1, -0.05) is 13.8 Å². The third-order valence-electron chi connectivity index (χ3n) is 3.28. The molecule has 1 aliphatic rings. The lowest BCUT2D eigenvalue weighted by atomic mass is 9.81. The highest BCUT2D eigenvalue weighted by Crippen LogP contribution is 2.28. The van der Waals surface area contributed by atoms with Crippen LogP contribution in [-0.2, 0) is 4.79 Å². The Labute approximate surface area is 93.0 Å². The second-order valence-corrected chi connectivity index (χ2v) is 4.89. The number of carbonyl (C=O) groups excluding carboxylic acids is 1. The van der Waals surface area contributed by atoms with Crippen LogP contribution in [0, 0.1) is 11.8 Å². The Hall–Kier alpha value is -0.570. The zero-order chi connectivity index (χ0) is 11.3. The molecule has 0 atom stereocenters. The minimum atomic E-state index is 0.227. The summed E-state index contributed by atoms with van der Waals surface area (Å²) in [4.78, 5) is 11.4. The van der Waals surface area contributed by atoms with Gasteiger partial charge in [-0.2, -0.15) is 0 Å². The van der Waals surface area contributed by atoms with E-state index in [1.165, 1.54) is 12.8 Å². The fourth-order valence-electron chi connectivity index (χ4n) is 2.24. The molecule has 3 nitrogen and oxygen atoms in total. The van der Waals surface area contributed by atoms with E-state index in [-0.39, 0.29) is 11.8 Å². The summed E-state index contributed by atoms with van der Waals surface area (Å²) in [6, 6.07) is 0.571. The van der Waals surface area contributed by atoms with Gasteiger partial charge >= 0.3 is 0 Å². The normalized spacial score (nSPS) is 26.7. The first kappa shape index (κ1) is 12.5. The van der Waals surface area contributed by atoms with Gasteiger partial charge in [0, 0.05) is 19.0 Å². The maximum atomic E-state index is 11.4. The van der Waals surface area contributed by atoms with Crippen molar-refractivity contribution in [1.29, 1.82) is 0 Å². The molecule has 1 rings (SSSR count). The number of amides is 1. The Morgan fingerprint density at radius 1 is 1.27 bits per heavy atom. The summed E-state index contributed by atoms with van der Waals surface area (Å²) in [5, 5.41) is 6.22. The fraction of sp³-hybridized carbons (Fsp3) is 0.917. The van der Waals surface area contributed by atoms with Crippen LogP contribution in [0.5, 0.6) is 0 Å². The van der Waals surface area contributed by atoms with Crippen molar-refractivity contribution in [3.8, 4) is 0 Å². The van der Waals surface area contributed by atoms with Crippen LogP contribution in [0.15, 0.2) is 0 Å². The molecule has 0 spiro atoms. The predicted octanol–water partition coefficient (Wildman–Crippen LogP) is 1.54. The van der Waals surface area contributed by atoms with E-state index < -0.39 is 0 Å². The van der Waals surface area contributed by atoms with Crippen LogP contribution in [0.4, 0.5) is 0 Å². The molecule has 1 amide bonds. The Bertz CT molecular complexity index is 196. The second-order valence-electron chi connectivity index (χ2n) is 4.89. The molecule has 1 aliphatic carbocycles. The van der Waals surface area contributed by atoms with Gasteiger partial charge in [0.2, 0.25) is 5.91 Å². The number of nitrogens with one attached hydrogen (secondary N) is 2. The van der Waals surface area contributed by atoms with E-state index in [0.29, 0.717) is 6.04 Å². The molecule has 0 saturated heterocycles. The van der Waals surface area contributed by atoms with Crippen molar-refractivity contribution in [3.63, 3.8) is 0 Å². The summed E-state index contributed by atoms with van der Waals surface area (Å²) >= 11 is 0. The molecule has 15 heavy (non-hydrogen) atoms. The first-order valence-electron chi connectivity index (χ1n) is 6.08. The predicted molar refractivity (Wildman–Crippen MR) is 62.7 cm³/mol. The molecule has 0 aromatic heterocycles. The maximum absolute atomic E-state index is 11.4. The number of carbonyl (C=O) groups is 1. The quantitative estimate of drug-likeness (QED) is 0.742. The van der Waals surface area contributed by atoms with Gasteiger partial charge in [0.15, 0.2) is 0 Å². The highest BCUT2D eigenvalue weighted by Gasteiger charge is 2.25. The van der Waals surface area contributed by atoms with Crippen molar-refractivity contribution in [1.82, 2.24) is 10.6 Å². The lowest BCUT2D eigenvalue weighted by Crippen LogP contribution is -2.34. The smallest absolute Gasteiger partial charge is 0.222 e. The number of hydrogen-bond acceptors (Lipinski definition) is 2. The Morgan fingerprint density at radius 2 is 1.87 bits per heavy atom. The molecule has 1 fully saturated rings. The van der Waals surface area contributed by atoms with Gasteiger partial charge in [0.25, 0.3) is 0 Å². The maximum Gasteiger partial charge on any atom is 0.222 e. The van der Waals surface area contributed by atoms with E-state index >= 15 is 0 Å². The summed E-state index contributed by atoms with van der Waals surface area (Å²) < 4.78 is 0. The van der Waals surface area contributed by atoms with Gasteiger partial charge < -0.3 is 10.6 Å². The van der Waals surface area contributed by atoms with Crippen LogP contribution in [0.2, 0.25) is 0 Å². The SMILES string of the molecule is CNC(=O)C1CCC(CNC(C)C)CC1. The average molecular weight is 212 g/mol. The van der Waals surface area contributed by atoms with Crippen LogP contribution in [0.3, 0.4) is 0 Å². The standard InChI is InChI=1S/C12H24N2O/c1-9(2)14-8-10-4-6-11(7-5-10)12(15)13-3/h9-11,14H,4-8H2,1-3H3,(H,13,15). The Morgan fingerprint density at radius 3 is 2.33 bits per heavy atom. The van der Waals surface area contributed by atoms with Crippen LogP contribution < -0.4 is 10.6 Å². The molecular formula is C12H24N2O. The molecule has 0 heterocycles. The number of hydrogen-bond donors (Lipinski definition) is 2. The van der Waals surface area contributed by atoms with Crippen molar-refractivity contribution < 1.29 is 4.79 Å². The highest BCUT2D eigenvalue weighted by molar-refractivity contribution is 5.78. The molecule has 3 heteroatoms. The molecule has 0 aromatic carbocycles. The van der Waals surface area contributed by atoms with Crippen molar-refractivity contribution in [3.05, 3.63) is 0 Å². The third-order valence-corrected chi connectivity index (χ3v) is 3.28. The minimum Gasteiger partial charge on any atom is -0.359 e. The molecule has 88 valence electrons. The third kappa shape index (κ3) is 4.20. The minimum absolute atomic E-state index is 0.227. The zero-order valence-electron chi connectivity index (χ0n) is 10.2.